The molecule has 1 radical (unpaired) electrons. The minimum atomic E-state index is -1.44. The van der Waals surface area contributed by atoms with Crippen molar-refractivity contribution in [1.29, 1.82) is 0 Å². The van der Waals surface area contributed by atoms with Gasteiger partial charge in [0.1, 0.15) is 4.83 Å². The molecule has 7 heteroatoms. The Kier molecular flexibility index (Phi) is 11.6. The predicted molar refractivity (Wildman–Crippen MR) is 220 cm³/mol. The van der Waals surface area contributed by atoms with Gasteiger partial charge in [0.25, 0.3) is 0 Å². The summed E-state index contributed by atoms with van der Waals surface area (Å²) in [6, 6.07) is 43.3. The zero-order chi connectivity index (χ0) is 36.4. The average molecular weight is 906 g/mol. The molecular formula is C46H40FIrN3SSi-2. The maximum absolute atomic E-state index is 14.7. The summed E-state index contributed by atoms with van der Waals surface area (Å²) in [6.45, 7) is 13.2. The Labute approximate surface area is 330 Å². The predicted octanol–water partition coefficient (Wildman–Crippen LogP) is 11.7. The van der Waals surface area contributed by atoms with E-state index in [1.807, 2.05) is 49.5 Å². The standard InChI is InChI=1S/C24H16FN2S.C22H24NSi.Ir/c1-14-13-26-21(12-19(14)16-6-4-3-5-7-16)17-10-11-20(25)22-18-9-8-15(2)27-24(18)28-23(17)22;1-17-10-12-19(13-11-17)21-15-20(14-18-8-6-5-7-9-18)22(16-23-21)24(2,3)4;/h3-9,11-13H,1-2H3;5-12,15-16H,14H2,1-4H3;/q2*-1;. The van der Waals surface area contributed by atoms with Gasteiger partial charge in [0.2, 0.25) is 0 Å². The number of pyridine rings is 3. The molecule has 267 valence electrons. The molecule has 0 saturated carbocycles. The van der Waals surface area contributed by atoms with Crippen molar-refractivity contribution in [3.63, 3.8) is 0 Å². The van der Waals surface area contributed by atoms with Crippen LogP contribution in [0.5, 0.6) is 0 Å². The molecule has 0 amide bonds. The molecule has 8 aromatic rings. The molecule has 0 unspecified atom stereocenters. The molecule has 0 aliphatic carbocycles. The van der Waals surface area contributed by atoms with E-state index in [9.17, 15) is 4.39 Å². The number of aromatic nitrogens is 3. The van der Waals surface area contributed by atoms with Crippen LogP contribution in [0.2, 0.25) is 19.6 Å². The fourth-order valence-electron chi connectivity index (χ4n) is 6.48. The summed E-state index contributed by atoms with van der Waals surface area (Å²) in [5.41, 5.74) is 11.9. The number of rotatable bonds is 6. The van der Waals surface area contributed by atoms with Crippen LogP contribution in [-0.2, 0) is 26.5 Å². The number of thiophene rings is 1. The van der Waals surface area contributed by atoms with E-state index in [4.69, 9.17) is 4.98 Å². The topological polar surface area (TPSA) is 38.7 Å². The van der Waals surface area contributed by atoms with Crippen molar-refractivity contribution in [3.05, 3.63) is 167 Å². The second-order valence-corrected chi connectivity index (χ2v) is 20.3. The maximum Gasteiger partial charge on any atom is 0.114 e. The van der Waals surface area contributed by atoms with E-state index >= 15 is 0 Å². The summed E-state index contributed by atoms with van der Waals surface area (Å²) in [4.78, 5) is 14.8. The Morgan fingerprint density at radius 3 is 2.17 bits per heavy atom. The van der Waals surface area contributed by atoms with Crippen molar-refractivity contribution in [1.82, 2.24) is 15.0 Å². The van der Waals surface area contributed by atoms with E-state index in [1.54, 1.807) is 0 Å². The molecule has 4 aromatic carbocycles. The summed E-state index contributed by atoms with van der Waals surface area (Å²) >= 11 is 1.49. The van der Waals surface area contributed by atoms with Gasteiger partial charge in [-0.25, -0.2) is 4.98 Å². The van der Waals surface area contributed by atoms with Gasteiger partial charge in [-0.1, -0.05) is 111 Å². The van der Waals surface area contributed by atoms with Gasteiger partial charge in [0.15, 0.2) is 0 Å². The first kappa shape index (κ1) is 38.1. The molecule has 0 bridgehead atoms. The van der Waals surface area contributed by atoms with Crippen molar-refractivity contribution >= 4 is 44.9 Å². The fourth-order valence-corrected chi connectivity index (χ4v) is 9.29. The molecule has 0 N–H and O–H groups in total. The second-order valence-electron chi connectivity index (χ2n) is 14.3. The number of hydrogen-bond donors (Lipinski definition) is 0. The van der Waals surface area contributed by atoms with Crippen LogP contribution < -0.4 is 5.19 Å². The van der Waals surface area contributed by atoms with Crippen LogP contribution in [0.25, 0.3) is 53.9 Å². The van der Waals surface area contributed by atoms with Crippen LogP contribution in [0.4, 0.5) is 4.39 Å². The SMILES string of the molecule is Cc1c[c-]c(-c2cc(Cc3ccccc3)c([Si](C)(C)C)cn2)cc1.Cc1ccc2c(n1)sc1c(-c3cc(-c4ccccc4)c(C)cn3)[c-]cc(F)c12.[Ir]. The number of aryl methyl sites for hydroxylation is 3. The van der Waals surface area contributed by atoms with E-state index < -0.39 is 8.07 Å². The van der Waals surface area contributed by atoms with Gasteiger partial charge in [0, 0.05) is 49.4 Å². The summed E-state index contributed by atoms with van der Waals surface area (Å²) in [5, 5.41) is 2.89. The molecule has 8 rings (SSSR count). The third-order valence-corrected chi connectivity index (χ3v) is 12.4. The van der Waals surface area contributed by atoms with Crippen molar-refractivity contribution in [3.8, 4) is 33.6 Å². The molecule has 4 heterocycles. The molecule has 0 fully saturated rings. The zero-order valence-corrected chi connectivity index (χ0v) is 34.9. The first-order chi connectivity index (χ1) is 25.0. The average Bonchev–Trinajstić information content (AvgIpc) is 3.52. The third kappa shape index (κ3) is 8.45. The zero-order valence-electron chi connectivity index (χ0n) is 30.7. The van der Waals surface area contributed by atoms with Gasteiger partial charge >= 0.3 is 0 Å². The Hall–Kier alpha value is -4.65. The number of benzene rings is 4. The van der Waals surface area contributed by atoms with E-state index in [0.29, 0.717) is 5.39 Å². The van der Waals surface area contributed by atoms with Gasteiger partial charge in [-0.2, -0.15) is 11.3 Å². The Bertz CT molecular complexity index is 2510. The normalized spacial score (nSPS) is 11.2. The fraction of sp³-hybridized carbons (Fsp3) is 0.152. The summed E-state index contributed by atoms with van der Waals surface area (Å²) in [7, 11) is -1.44. The number of nitrogens with zero attached hydrogens (tertiary/aromatic N) is 3. The first-order valence-electron chi connectivity index (χ1n) is 17.5. The van der Waals surface area contributed by atoms with Gasteiger partial charge in [0.05, 0.1) is 8.07 Å². The number of hydrogen-bond acceptors (Lipinski definition) is 4. The third-order valence-electron chi connectivity index (χ3n) is 9.23. The molecular weight excluding hydrogens is 866 g/mol. The Morgan fingerprint density at radius 1 is 0.755 bits per heavy atom. The number of fused-ring (bicyclic) bond motifs is 3. The second kappa shape index (κ2) is 16.2. The van der Waals surface area contributed by atoms with Gasteiger partial charge < -0.3 is 9.97 Å². The van der Waals surface area contributed by atoms with Crippen LogP contribution >= 0.6 is 11.3 Å². The van der Waals surface area contributed by atoms with Gasteiger partial charge in [-0.15, -0.1) is 53.1 Å². The Balaban J connectivity index is 0.000000180. The van der Waals surface area contributed by atoms with E-state index in [1.165, 1.54) is 39.3 Å². The van der Waals surface area contributed by atoms with Crippen LogP contribution in [0.3, 0.4) is 0 Å². The minimum absolute atomic E-state index is 0. The van der Waals surface area contributed by atoms with Crippen LogP contribution in [-0.4, -0.2) is 23.0 Å². The van der Waals surface area contributed by atoms with Crippen LogP contribution in [0.15, 0.2) is 122 Å². The Morgan fingerprint density at radius 2 is 1.47 bits per heavy atom. The van der Waals surface area contributed by atoms with Crippen molar-refractivity contribution in [2.24, 2.45) is 0 Å². The summed E-state index contributed by atoms with van der Waals surface area (Å²) in [6.07, 6.45) is 4.94. The van der Waals surface area contributed by atoms with Crippen LogP contribution in [0.1, 0.15) is 27.9 Å². The van der Waals surface area contributed by atoms with Crippen molar-refractivity contribution in [2.75, 3.05) is 0 Å². The first-order valence-corrected chi connectivity index (χ1v) is 21.8. The molecule has 3 nitrogen and oxygen atoms in total. The summed E-state index contributed by atoms with van der Waals surface area (Å²) in [5.74, 6) is -0.272. The van der Waals surface area contributed by atoms with Crippen molar-refractivity contribution in [2.45, 2.75) is 46.8 Å². The van der Waals surface area contributed by atoms with Crippen LogP contribution in [0, 0.1) is 38.7 Å². The molecule has 53 heavy (non-hydrogen) atoms. The quantitative estimate of drug-likeness (QED) is 0.123. The van der Waals surface area contributed by atoms with Gasteiger partial charge in [-0.05, 0) is 75.2 Å². The molecule has 0 atom stereocenters. The maximum atomic E-state index is 14.7. The number of halogens is 1. The minimum Gasteiger partial charge on any atom is -0.305 e. The van der Waals surface area contributed by atoms with E-state index in [-0.39, 0.29) is 25.9 Å². The van der Waals surface area contributed by atoms with Gasteiger partial charge in [-0.3, -0.25) is 4.39 Å². The summed E-state index contributed by atoms with van der Waals surface area (Å²) < 4.78 is 15.5. The molecule has 0 spiro atoms. The smallest absolute Gasteiger partial charge is 0.114 e. The molecule has 4 aromatic heterocycles. The molecule has 0 aliphatic rings. The van der Waals surface area contributed by atoms with E-state index in [2.05, 4.69) is 129 Å². The largest absolute Gasteiger partial charge is 0.305 e. The van der Waals surface area contributed by atoms with E-state index in [0.717, 1.165) is 66.2 Å². The monoisotopic (exact) mass is 906 g/mol. The van der Waals surface area contributed by atoms with Crippen molar-refractivity contribution < 1.29 is 24.5 Å². The molecule has 0 saturated heterocycles. The molecule has 0 aliphatic heterocycles.